The van der Waals surface area contributed by atoms with Gasteiger partial charge in [-0.3, -0.25) is 4.79 Å². The van der Waals surface area contributed by atoms with Crippen molar-refractivity contribution in [2.24, 2.45) is 0 Å². The van der Waals surface area contributed by atoms with E-state index in [0.29, 0.717) is 18.7 Å². The van der Waals surface area contributed by atoms with E-state index in [9.17, 15) is 9.18 Å². The highest BCUT2D eigenvalue weighted by Gasteiger charge is 2.06. The van der Waals surface area contributed by atoms with Gasteiger partial charge in [-0.2, -0.15) is 0 Å². The number of hydrogen-bond acceptors (Lipinski definition) is 3. The third kappa shape index (κ3) is 3.12. The van der Waals surface area contributed by atoms with Gasteiger partial charge in [0.2, 0.25) is 5.91 Å². The molecule has 1 aromatic carbocycles. The van der Waals surface area contributed by atoms with Gasteiger partial charge in [-0.25, -0.2) is 4.39 Å². The first-order valence-electron chi connectivity index (χ1n) is 5.00. The molecule has 0 unspecified atom stereocenters. The molecule has 16 heavy (non-hydrogen) atoms. The topological polar surface area (TPSA) is 58.4 Å². The molecule has 88 valence electrons. The van der Waals surface area contributed by atoms with Crippen molar-refractivity contribution in [3.63, 3.8) is 0 Å². The van der Waals surface area contributed by atoms with E-state index in [2.05, 4.69) is 5.32 Å². The lowest BCUT2D eigenvalue weighted by Gasteiger charge is -2.12. The minimum absolute atomic E-state index is 0.0162. The van der Waals surface area contributed by atoms with Crippen molar-refractivity contribution >= 4 is 17.3 Å². The summed E-state index contributed by atoms with van der Waals surface area (Å²) in [5.74, 6) is -0.439. The van der Waals surface area contributed by atoms with Gasteiger partial charge in [0.15, 0.2) is 0 Å². The number of carbonyl (C=O) groups excluding carboxylic acids is 1. The molecule has 0 saturated heterocycles. The molecule has 0 radical (unpaired) electrons. The van der Waals surface area contributed by atoms with Crippen molar-refractivity contribution in [1.29, 1.82) is 0 Å². The first-order chi connectivity index (χ1) is 7.52. The number of nitrogens with two attached hydrogens (primary N) is 1. The monoisotopic (exact) mass is 225 g/mol. The number of anilines is 2. The predicted octanol–water partition coefficient (Wildman–Crippen LogP) is 1.30. The van der Waals surface area contributed by atoms with Crippen LogP contribution < -0.4 is 11.1 Å². The van der Waals surface area contributed by atoms with Gasteiger partial charge in [-0.15, -0.1) is 0 Å². The van der Waals surface area contributed by atoms with Gasteiger partial charge < -0.3 is 16.0 Å². The SMILES string of the molecule is CN(C)C(=O)CCNc1cccc(F)c1N. The maximum atomic E-state index is 13.1. The third-order valence-corrected chi connectivity index (χ3v) is 2.21. The molecule has 0 heterocycles. The molecule has 0 aliphatic carbocycles. The van der Waals surface area contributed by atoms with Gasteiger partial charge in [0.05, 0.1) is 11.4 Å². The number of carbonyl (C=O) groups is 1. The molecule has 1 rings (SSSR count). The summed E-state index contributed by atoms with van der Waals surface area (Å²) in [4.78, 5) is 12.8. The molecule has 0 aromatic heterocycles. The smallest absolute Gasteiger partial charge is 0.223 e. The van der Waals surface area contributed by atoms with Crippen LogP contribution in [0.2, 0.25) is 0 Å². The molecule has 1 aromatic rings. The number of para-hydroxylation sites is 1. The first kappa shape index (κ1) is 12.3. The highest BCUT2D eigenvalue weighted by atomic mass is 19.1. The summed E-state index contributed by atoms with van der Waals surface area (Å²) in [6.45, 7) is 0.435. The first-order valence-corrected chi connectivity index (χ1v) is 5.00. The Labute approximate surface area is 94.2 Å². The Balaban J connectivity index is 2.49. The van der Waals surface area contributed by atoms with Gasteiger partial charge >= 0.3 is 0 Å². The van der Waals surface area contributed by atoms with Crippen LogP contribution in [-0.2, 0) is 4.79 Å². The minimum Gasteiger partial charge on any atom is -0.395 e. The molecule has 0 fully saturated rings. The van der Waals surface area contributed by atoms with E-state index in [1.54, 1.807) is 26.2 Å². The number of nitrogens with one attached hydrogen (secondary N) is 1. The van der Waals surface area contributed by atoms with Crippen LogP contribution in [0.5, 0.6) is 0 Å². The molecule has 3 N–H and O–H groups in total. The molecule has 4 nitrogen and oxygen atoms in total. The minimum atomic E-state index is -0.455. The molecule has 0 saturated carbocycles. The number of halogens is 1. The molecule has 0 aliphatic heterocycles. The Bertz CT molecular complexity index is 379. The van der Waals surface area contributed by atoms with Gasteiger partial charge in [-0.05, 0) is 12.1 Å². The highest BCUT2D eigenvalue weighted by Crippen LogP contribution is 2.20. The summed E-state index contributed by atoms with van der Waals surface area (Å²) in [5.41, 5.74) is 6.13. The maximum Gasteiger partial charge on any atom is 0.223 e. The van der Waals surface area contributed by atoms with Gasteiger partial charge in [-0.1, -0.05) is 6.07 Å². The molecular weight excluding hydrogens is 209 g/mol. The average Bonchev–Trinajstić information content (AvgIpc) is 2.24. The van der Waals surface area contributed by atoms with Crippen LogP contribution in [0, 0.1) is 5.82 Å². The van der Waals surface area contributed by atoms with E-state index in [1.807, 2.05) is 0 Å². The van der Waals surface area contributed by atoms with E-state index < -0.39 is 5.82 Å². The molecular formula is C11H16FN3O. The zero-order valence-electron chi connectivity index (χ0n) is 9.46. The lowest BCUT2D eigenvalue weighted by molar-refractivity contribution is -0.128. The van der Waals surface area contributed by atoms with Crippen molar-refractivity contribution in [3.05, 3.63) is 24.0 Å². The lowest BCUT2D eigenvalue weighted by Crippen LogP contribution is -2.24. The number of rotatable bonds is 4. The number of hydrogen-bond donors (Lipinski definition) is 2. The normalized spacial score (nSPS) is 9.94. The van der Waals surface area contributed by atoms with Crippen LogP contribution >= 0.6 is 0 Å². The Morgan fingerprint density at radius 3 is 2.81 bits per heavy atom. The fourth-order valence-electron chi connectivity index (χ4n) is 1.22. The molecule has 0 spiro atoms. The van der Waals surface area contributed by atoms with Crippen LogP contribution in [0.1, 0.15) is 6.42 Å². The number of nitrogen functional groups attached to an aromatic ring is 1. The fourth-order valence-corrected chi connectivity index (χ4v) is 1.22. The molecule has 5 heteroatoms. The second-order valence-electron chi connectivity index (χ2n) is 3.67. The Morgan fingerprint density at radius 2 is 2.19 bits per heavy atom. The largest absolute Gasteiger partial charge is 0.395 e. The van der Waals surface area contributed by atoms with Crippen molar-refractivity contribution in [1.82, 2.24) is 4.90 Å². The average molecular weight is 225 g/mol. The Morgan fingerprint density at radius 1 is 1.50 bits per heavy atom. The van der Waals surface area contributed by atoms with Crippen LogP contribution in [0.4, 0.5) is 15.8 Å². The van der Waals surface area contributed by atoms with Crippen LogP contribution in [-0.4, -0.2) is 31.4 Å². The Kier molecular flexibility index (Phi) is 4.10. The number of nitrogens with zero attached hydrogens (tertiary/aromatic N) is 1. The number of amides is 1. The van der Waals surface area contributed by atoms with Gasteiger partial charge in [0.1, 0.15) is 5.82 Å². The van der Waals surface area contributed by atoms with Crippen LogP contribution in [0.25, 0.3) is 0 Å². The summed E-state index contributed by atoms with van der Waals surface area (Å²) in [6, 6.07) is 4.55. The summed E-state index contributed by atoms with van der Waals surface area (Å²) >= 11 is 0. The zero-order chi connectivity index (χ0) is 12.1. The quantitative estimate of drug-likeness (QED) is 0.759. The summed E-state index contributed by atoms with van der Waals surface area (Å²) in [6.07, 6.45) is 0.350. The van der Waals surface area contributed by atoms with Crippen LogP contribution in [0.15, 0.2) is 18.2 Å². The van der Waals surface area contributed by atoms with E-state index in [0.717, 1.165) is 0 Å². The van der Waals surface area contributed by atoms with Gasteiger partial charge in [0.25, 0.3) is 0 Å². The van der Waals surface area contributed by atoms with Crippen LogP contribution in [0.3, 0.4) is 0 Å². The van der Waals surface area contributed by atoms with Crippen molar-refractivity contribution < 1.29 is 9.18 Å². The van der Waals surface area contributed by atoms with Gasteiger partial charge in [0, 0.05) is 27.1 Å². The maximum absolute atomic E-state index is 13.1. The third-order valence-electron chi connectivity index (χ3n) is 2.21. The fraction of sp³-hybridized carbons (Fsp3) is 0.364. The second kappa shape index (κ2) is 5.34. The Hall–Kier alpha value is -1.78. The van der Waals surface area contributed by atoms with Crippen molar-refractivity contribution in [2.75, 3.05) is 31.7 Å². The molecule has 0 bridgehead atoms. The lowest BCUT2D eigenvalue weighted by atomic mass is 10.2. The molecule has 0 atom stereocenters. The van der Waals surface area contributed by atoms with Crippen molar-refractivity contribution in [3.8, 4) is 0 Å². The zero-order valence-corrected chi connectivity index (χ0v) is 9.46. The second-order valence-corrected chi connectivity index (χ2v) is 3.67. The van der Waals surface area contributed by atoms with E-state index in [4.69, 9.17) is 5.73 Å². The molecule has 0 aliphatic rings. The van der Waals surface area contributed by atoms with E-state index in [1.165, 1.54) is 11.0 Å². The summed E-state index contributed by atoms with van der Waals surface area (Å²) < 4.78 is 13.1. The highest BCUT2D eigenvalue weighted by molar-refractivity contribution is 5.76. The van der Waals surface area contributed by atoms with E-state index in [-0.39, 0.29) is 11.6 Å². The summed E-state index contributed by atoms with van der Waals surface area (Å²) in [7, 11) is 3.39. The standard InChI is InChI=1S/C11H16FN3O/c1-15(2)10(16)6-7-14-9-5-3-4-8(12)11(9)13/h3-5,14H,6-7,13H2,1-2H3. The molecule has 1 amide bonds. The number of benzene rings is 1. The van der Waals surface area contributed by atoms with Crippen molar-refractivity contribution in [2.45, 2.75) is 6.42 Å². The predicted molar refractivity (Wildman–Crippen MR) is 62.6 cm³/mol. The van der Waals surface area contributed by atoms with E-state index >= 15 is 0 Å². The summed E-state index contributed by atoms with van der Waals surface area (Å²) in [5, 5.41) is 2.93.